The van der Waals surface area contributed by atoms with Gasteiger partial charge < -0.3 is 15.0 Å². The van der Waals surface area contributed by atoms with Gasteiger partial charge in [-0.1, -0.05) is 19.1 Å². The minimum Gasteiger partial charge on any atom is -0.497 e. The minimum atomic E-state index is -3.76. The number of hydrogen-bond acceptors (Lipinski definition) is 5. The number of anilines is 1. The van der Waals surface area contributed by atoms with Crippen LogP contribution in [0.3, 0.4) is 0 Å². The SMILES string of the molecule is CC[C@@H](C(=O)NC(C)(C)C)N(Cc1cccc(OC)c1)C(=O)CN(c1ccc(I)cc1)S(C)(=O)=O. The first-order valence-corrected chi connectivity index (χ1v) is 14.2. The molecular formula is C25H34IN3O5S. The summed E-state index contributed by atoms with van der Waals surface area (Å²) in [5.74, 6) is -0.150. The Hall–Kier alpha value is -2.34. The number of sulfonamides is 1. The maximum atomic E-state index is 13.7. The van der Waals surface area contributed by atoms with Crippen LogP contribution in [0.2, 0.25) is 0 Å². The number of carbonyl (C=O) groups excluding carboxylic acids is 2. The Labute approximate surface area is 222 Å². The molecule has 0 aliphatic heterocycles. The monoisotopic (exact) mass is 615 g/mol. The second-order valence-corrected chi connectivity index (χ2v) is 12.4. The van der Waals surface area contributed by atoms with Gasteiger partial charge in [-0.2, -0.15) is 0 Å². The first-order valence-electron chi connectivity index (χ1n) is 11.2. The highest BCUT2D eigenvalue weighted by Gasteiger charge is 2.33. The zero-order chi connectivity index (χ0) is 26.4. The molecule has 0 unspecified atom stereocenters. The van der Waals surface area contributed by atoms with Crippen molar-refractivity contribution in [2.45, 2.75) is 52.2 Å². The fraction of sp³-hybridized carbons (Fsp3) is 0.440. The topological polar surface area (TPSA) is 96.0 Å². The molecule has 0 heterocycles. The molecule has 0 spiro atoms. The van der Waals surface area contributed by atoms with Crippen molar-refractivity contribution >= 4 is 50.1 Å². The standard InChI is InChI=1S/C25H34IN3O5S/c1-7-22(24(31)27-25(2,3)4)28(16-18-9-8-10-21(15-18)34-5)23(30)17-29(35(6,32)33)20-13-11-19(26)12-14-20/h8-15,22H,7,16-17H2,1-6H3,(H,27,31)/t22-/m0/s1. The predicted octanol–water partition coefficient (Wildman–Crippen LogP) is 3.79. The molecule has 0 saturated heterocycles. The maximum Gasteiger partial charge on any atom is 0.244 e. The second kappa shape index (κ2) is 12.1. The highest BCUT2D eigenvalue weighted by molar-refractivity contribution is 14.1. The lowest BCUT2D eigenvalue weighted by Crippen LogP contribution is -2.55. The van der Waals surface area contributed by atoms with Gasteiger partial charge in [0.15, 0.2) is 0 Å². The van der Waals surface area contributed by atoms with Gasteiger partial charge in [0.05, 0.1) is 19.1 Å². The smallest absolute Gasteiger partial charge is 0.244 e. The molecule has 0 radical (unpaired) electrons. The number of benzene rings is 2. The molecule has 0 aromatic heterocycles. The van der Waals surface area contributed by atoms with Gasteiger partial charge >= 0.3 is 0 Å². The van der Waals surface area contributed by atoms with Crippen molar-refractivity contribution in [2.24, 2.45) is 0 Å². The lowest BCUT2D eigenvalue weighted by molar-refractivity contribution is -0.141. The lowest BCUT2D eigenvalue weighted by Gasteiger charge is -2.34. The van der Waals surface area contributed by atoms with Crippen LogP contribution in [0.15, 0.2) is 48.5 Å². The van der Waals surface area contributed by atoms with Crippen molar-refractivity contribution in [1.82, 2.24) is 10.2 Å². The maximum absolute atomic E-state index is 13.7. The Balaban J connectivity index is 2.46. The summed E-state index contributed by atoms with van der Waals surface area (Å²) < 4.78 is 32.6. The van der Waals surface area contributed by atoms with Gasteiger partial charge in [0.25, 0.3) is 0 Å². The minimum absolute atomic E-state index is 0.121. The summed E-state index contributed by atoms with van der Waals surface area (Å²) >= 11 is 2.13. The van der Waals surface area contributed by atoms with E-state index in [-0.39, 0.29) is 12.5 Å². The summed E-state index contributed by atoms with van der Waals surface area (Å²) in [6.07, 6.45) is 1.42. The molecule has 0 bridgehead atoms. The molecular weight excluding hydrogens is 581 g/mol. The van der Waals surface area contributed by atoms with Crippen LogP contribution >= 0.6 is 22.6 Å². The Morgan fingerprint density at radius 1 is 1.11 bits per heavy atom. The molecule has 2 aromatic rings. The van der Waals surface area contributed by atoms with Crippen molar-refractivity contribution in [1.29, 1.82) is 0 Å². The quantitative estimate of drug-likeness (QED) is 0.411. The first kappa shape index (κ1) is 28.9. The van der Waals surface area contributed by atoms with Gasteiger partial charge in [0.2, 0.25) is 21.8 Å². The van der Waals surface area contributed by atoms with E-state index in [1.54, 1.807) is 49.6 Å². The zero-order valence-electron chi connectivity index (χ0n) is 21.0. The molecule has 0 aliphatic rings. The highest BCUT2D eigenvalue weighted by Crippen LogP contribution is 2.22. The van der Waals surface area contributed by atoms with Crippen LogP contribution in [-0.4, -0.2) is 56.6 Å². The van der Waals surface area contributed by atoms with E-state index >= 15 is 0 Å². The summed E-state index contributed by atoms with van der Waals surface area (Å²) in [5, 5.41) is 2.95. The first-order chi connectivity index (χ1) is 16.2. The van der Waals surface area contributed by atoms with Crippen molar-refractivity contribution in [3.05, 3.63) is 57.7 Å². The van der Waals surface area contributed by atoms with Crippen molar-refractivity contribution in [3.8, 4) is 5.75 Å². The van der Waals surface area contributed by atoms with E-state index in [1.165, 1.54) is 4.90 Å². The molecule has 8 nitrogen and oxygen atoms in total. The van der Waals surface area contributed by atoms with E-state index in [9.17, 15) is 18.0 Å². The van der Waals surface area contributed by atoms with Gasteiger partial charge in [-0.15, -0.1) is 0 Å². The lowest BCUT2D eigenvalue weighted by atomic mass is 10.1. The molecule has 0 fully saturated rings. The molecule has 35 heavy (non-hydrogen) atoms. The second-order valence-electron chi connectivity index (χ2n) is 9.28. The van der Waals surface area contributed by atoms with E-state index in [0.29, 0.717) is 17.9 Å². The average molecular weight is 616 g/mol. The third-order valence-corrected chi connectivity index (χ3v) is 7.02. The molecule has 1 N–H and O–H groups in total. The number of nitrogens with zero attached hydrogens (tertiary/aromatic N) is 2. The molecule has 2 aromatic carbocycles. The third-order valence-electron chi connectivity index (χ3n) is 5.16. The number of rotatable bonds is 10. The van der Waals surface area contributed by atoms with Crippen LogP contribution < -0.4 is 14.4 Å². The van der Waals surface area contributed by atoms with Crippen molar-refractivity contribution in [3.63, 3.8) is 0 Å². The van der Waals surface area contributed by atoms with Crippen LogP contribution in [0.25, 0.3) is 0 Å². The molecule has 1 atom stereocenters. The third kappa shape index (κ3) is 8.68. The number of hydrogen-bond donors (Lipinski definition) is 1. The molecule has 192 valence electrons. The number of ether oxygens (including phenoxy) is 1. The van der Waals surface area contributed by atoms with Crippen LogP contribution in [0, 0.1) is 3.57 Å². The number of methoxy groups -OCH3 is 1. The zero-order valence-corrected chi connectivity index (χ0v) is 24.0. The van der Waals surface area contributed by atoms with Gasteiger partial charge in [0.1, 0.15) is 18.3 Å². The number of carbonyl (C=O) groups is 2. The van der Waals surface area contributed by atoms with Gasteiger partial charge in [-0.05, 0) is 91.7 Å². The molecule has 2 amide bonds. The summed E-state index contributed by atoms with van der Waals surface area (Å²) in [6.45, 7) is 7.13. The summed E-state index contributed by atoms with van der Waals surface area (Å²) in [7, 11) is -2.21. The predicted molar refractivity (Wildman–Crippen MR) is 147 cm³/mol. The summed E-state index contributed by atoms with van der Waals surface area (Å²) in [4.78, 5) is 28.3. The Kier molecular flexibility index (Phi) is 9.96. The van der Waals surface area contributed by atoms with Crippen LogP contribution in [-0.2, 0) is 26.2 Å². The van der Waals surface area contributed by atoms with Gasteiger partial charge in [0, 0.05) is 15.7 Å². The van der Waals surface area contributed by atoms with E-state index < -0.39 is 34.1 Å². The van der Waals surface area contributed by atoms with Crippen LogP contribution in [0.4, 0.5) is 5.69 Å². The van der Waals surface area contributed by atoms with Crippen LogP contribution in [0.1, 0.15) is 39.7 Å². The number of amides is 2. The average Bonchev–Trinajstić information content (AvgIpc) is 2.76. The van der Waals surface area contributed by atoms with E-state index in [2.05, 4.69) is 27.9 Å². The Bertz CT molecular complexity index is 1130. The molecule has 0 saturated carbocycles. The summed E-state index contributed by atoms with van der Waals surface area (Å²) in [5.41, 5.74) is 0.657. The number of nitrogens with one attached hydrogen (secondary N) is 1. The van der Waals surface area contributed by atoms with Gasteiger partial charge in [-0.3, -0.25) is 13.9 Å². The molecule has 10 heteroatoms. The van der Waals surface area contributed by atoms with Crippen molar-refractivity contribution < 1.29 is 22.7 Å². The largest absolute Gasteiger partial charge is 0.497 e. The van der Waals surface area contributed by atoms with E-state index in [0.717, 1.165) is 19.7 Å². The van der Waals surface area contributed by atoms with Crippen LogP contribution in [0.5, 0.6) is 5.75 Å². The van der Waals surface area contributed by atoms with E-state index in [4.69, 9.17) is 4.74 Å². The molecule has 2 rings (SSSR count). The highest BCUT2D eigenvalue weighted by atomic mass is 127. The summed E-state index contributed by atoms with van der Waals surface area (Å²) in [6, 6.07) is 13.3. The van der Waals surface area contributed by atoms with Gasteiger partial charge in [-0.25, -0.2) is 8.42 Å². The Morgan fingerprint density at radius 2 is 1.74 bits per heavy atom. The molecule has 0 aliphatic carbocycles. The van der Waals surface area contributed by atoms with Crippen molar-refractivity contribution in [2.75, 3.05) is 24.2 Å². The Morgan fingerprint density at radius 3 is 2.26 bits per heavy atom. The normalized spacial score (nSPS) is 12.5. The number of halogens is 1. The fourth-order valence-corrected chi connectivity index (χ4v) is 4.77. The fourth-order valence-electron chi connectivity index (χ4n) is 3.56. The van der Waals surface area contributed by atoms with E-state index in [1.807, 2.05) is 33.8 Å².